The Hall–Kier alpha value is -13.9. The van der Waals surface area contributed by atoms with Crippen LogP contribution in [0.3, 0.4) is 0 Å². The van der Waals surface area contributed by atoms with E-state index < -0.39 is 284 Å². The highest BCUT2D eigenvalue weighted by atomic mass is 16.4. The van der Waals surface area contributed by atoms with E-state index in [9.17, 15) is 106 Å². The highest BCUT2D eigenvalue weighted by molar-refractivity contribution is 6.02. The Kier molecular flexibility index (Phi) is 53.7. The highest BCUT2D eigenvalue weighted by Crippen LogP contribution is 2.23. The molecule has 2 rings (SSSR count). The van der Waals surface area contributed by atoms with E-state index >= 15 is 0 Å². The minimum atomic E-state index is -1.97. The fourth-order valence-electron chi connectivity index (χ4n) is 13.7. The molecule has 762 valence electrons. The van der Waals surface area contributed by atoms with Crippen LogP contribution < -0.4 is 142 Å². The van der Waals surface area contributed by atoms with Crippen LogP contribution >= 0.6 is 0 Å². The third-order valence-electron chi connectivity index (χ3n) is 21.1. The minimum absolute atomic E-state index is 0.0110. The van der Waals surface area contributed by atoms with Crippen LogP contribution in [0.2, 0.25) is 0 Å². The number of aliphatic hydroxyl groups is 2. The first-order chi connectivity index (χ1) is 63.9. The van der Waals surface area contributed by atoms with Crippen molar-refractivity contribution >= 4 is 136 Å². The van der Waals surface area contributed by atoms with Gasteiger partial charge in [-0.05, 0) is 147 Å². The number of benzene rings is 1. The van der Waals surface area contributed by atoms with Gasteiger partial charge in [-0.1, -0.05) is 58.0 Å². The first kappa shape index (κ1) is 118. The number of likely N-dealkylation sites (tertiary alicyclic amines) is 1. The Morgan fingerprint density at radius 2 is 0.816 bits per heavy atom. The summed E-state index contributed by atoms with van der Waals surface area (Å²) in [6.45, 7) is 9.18. The summed E-state index contributed by atoms with van der Waals surface area (Å²) in [6.07, 6.45) is -6.80. The largest absolute Gasteiger partial charge is 0.481 e. The number of amides is 17. The summed E-state index contributed by atoms with van der Waals surface area (Å²) in [5.74, 6) is -23.0. The molecule has 54 nitrogen and oxygen atoms in total. The lowest BCUT2D eigenvalue weighted by molar-refractivity contribution is -0.144. The Bertz CT molecular complexity index is 4260. The van der Waals surface area contributed by atoms with Gasteiger partial charge in [0.1, 0.15) is 90.6 Å². The van der Waals surface area contributed by atoms with E-state index in [0.717, 1.165) is 6.92 Å². The lowest BCUT2D eigenvalue weighted by Gasteiger charge is -2.32. The van der Waals surface area contributed by atoms with Crippen molar-refractivity contribution in [3.05, 3.63) is 35.9 Å². The van der Waals surface area contributed by atoms with Gasteiger partial charge in [-0.15, -0.1) is 0 Å². The Balaban J connectivity index is 2.54. The number of nitrogens with zero attached hydrogens (tertiary/aromatic N) is 1. The molecule has 17 amide bonds. The molecule has 1 aromatic carbocycles. The van der Waals surface area contributed by atoms with Gasteiger partial charge in [0.2, 0.25) is 100 Å². The second kappa shape index (κ2) is 61.8. The van der Waals surface area contributed by atoms with Crippen molar-refractivity contribution in [3.8, 4) is 0 Å². The molecule has 0 bridgehead atoms. The van der Waals surface area contributed by atoms with E-state index in [1.54, 1.807) is 58.0 Å². The second-order valence-corrected chi connectivity index (χ2v) is 33.5. The first-order valence-electron chi connectivity index (χ1n) is 44.6. The number of unbranched alkanes of at least 4 members (excludes halogenated alkanes) is 1. The summed E-state index contributed by atoms with van der Waals surface area (Å²) in [4.78, 5) is 262. The van der Waals surface area contributed by atoms with Crippen LogP contribution in [0.15, 0.2) is 30.3 Å². The quantitative estimate of drug-likeness (QED) is 0.0164. The number of primary amides is 2. The fourth-order valence-corrected chi connectivity index (χ4v) is 13.7. The zero-order valence-electron chi connectivity index (χ0n) is 77.6. The van der Waals surface area contributed by atoms with Crippen molar-refractivity contribution < 1.29 is 112 Å². The molecule has 0 radical (unpaired) electrons. The number of aliphatic carboxylic acids is 2. The van der Waals surface area contributed by atoms with Gasteiger partial charge in [0, 0.05) is 52.0 Å². The van der Waals surface area contributed by atoms with Crippen molar-refractivity contribution in [1.29, 1.82) is 21.6 Å². The zero-order valence-corrected chi connectivity index (χ0v) is 77.6. The monoisotopic (exact) mass is 1930 g/mol. The average Bonchev–Trinajstić information content (AvgIpc) is 1.64. The van der Waals surface area contributed by atoms with Gasteiger partial charge in [0.25, 0.3) is 0 Å². The van der Waals surface area contributed by atoms with Crippen LogP contribution in [-0.2, 0) is 97.5 Å². The number of aliphatic hydroxyl groups excluding tert-OH is 2. The molecule has 0 aromatic heterocycles. The van der Waals surface area contributed by atoms with Crippen LogP contribution in [-0.4, -0.2) is 310 Å². The minimum Gasteiger partial charge on any atom is -0.481 e. The summed E-state index contributed by atoms with van der Waals surface area (Å²) >= 11 is 0. The number of nitrogens with one attached hydrogen (secondary N) is 22. The summed E-state index contributed by atoms with van der Waals surface area (Å²) in [5.41, 5.74) is 44.8. The molecular weight excluding hydrogens is 1790 g/mol. The lowest BCUT2D eigenvalue weighted by Crippen LogP contribution is -2.62. The molecule has 0 unspecified atom stereocenters. The molecule has 17 atom stereocenters. The first-order valence-corrected chi connectivity index (χ1v) is 44.6. The van der Waals surface area contributed by atoms with Gasteiger partial charge in [-0.25, -0.2) is 4.79 Å². The Morgan fingerprint density at radius 1 is 0.412 bits per heavy atom. The van der Waals surface area contributed by atoms with E-state index in [1.165, 1.54) is 18.7 Å². The maximum atomic E-state index is 14.9. The van der Waals surface area contributed by atoms with Crippen molar-refractivity contribution in [1.82, 2.24) is 101 Å². The van der Waals surface area contributed by atoms with E-state index in [2.05, 4.69) is 95.7 Å². The maximum Gasteiger partial charge on any atom is 0.326 e. The average molecular weight is 1930 g/mol. The predicted octanol–water partition coefficient (Wildman–Crippen LogP) is -11.3. The van der Waals surface area contributed by atoms with E-state index in [0.29, 0.717) is 5.56 Å². The second-order valence-electron chi connectivity index (χ2n) is 33.5. The molecule has 1 aromatic rings. The van der Waals surface area contributed by atoms with Gasteiger partial charge in [-0.3, -0.25) is 108 Å². The zero-order chi connectivity index (χ0) is 103. The Morgan fingerprint density at radius 3 is 1.24 bits per heavy atom. The summed E-state index contributed by atoms with van der Waals surface area (Å²) < 4.78 is 0. The number of nitrogens with two attached hydrogens (primary N) is 8. The summed E-state index contributed by atoms with van der Waals surface area (Å²) in [6, 6.07) is -15.5. The number of hydrogen-bond acceptors (Lipinski definition) is 27. The highest BCUT2D eigenvalue weighted by Gasteiger charge is 2.43. The van der Waals surface area contributed by atoms with E-state index in [4.69, 9.17) is 72.6 Å². The fraction of sp³-hybridized carbons (Fsp3) is 0.646. The SMILES string of the molecule is CC(C)C[C@H](NC(=O)[C@@H]1CCCN1C(=O)[C@@H](NC(=O)[C@H](CCCNC(=N)N)NC(=O)[C@H](Cc1ccccc1)NC(=O)CNC(=O)[C@H](CC(N)=O)NC(=O)[C@H](CCCNC(=N)N)NC(=O)[C@@H](NC(=O)[C@H](CCCCN)NC(=O)[C@H](CCCNC(=N)N)NC(=O)[C@H](CCC(N)=O)NC(=O)[C@@H](N)[C@@H](C)O)[C@@H](C)O)C(C)C)C(=O)N[C@@H](C)C(=O)N[C@@H](CCCNC(=N)N)C(=O)N[C@@H](CCC(=O)O)C(=O)O. The van der Waals surface area contributed by atoms with Crippen molar-refractivity contribution in [2.75, 3.05) is 45.8 Å². The number of carbonyl (C=O) groups is 19. The number of rotatable bonds is 65. The molecule has 1 fully saturated rings. The molecular formula is C82H141N31O23. The topological polar surface area (TPSA) is 929 Å². The van der Waals surface area contributed by atoms with Gasteiger partial charge in [-0.2, -0.15) is 0 Å². The van der Waals surface area contributed by atoms with Crippen LogP contribution in [0.1, 0.15) is 176 Å². The molecule has 0 spiro atoms. The van der Waals surface area contributed by atoms with Crippen LogP contribution in [0, 0.1) is 33.5 Å². The van der Waals surface area contributed by atoms with Crippen molar-refractivity contribution in [2.24, 2.45) is 57.7 Å². The van der Waals surface area contributed by atoms with Crippen LogP contribution in [0.5, 0.6) is 0 Å². The van der Waals surface area contributed by atoms with Gasteiger partial charge in [0.15, 0.2) is 23.8 Å². The molecule has 1 heterocycles. The Labute approximate surface area is 786 Å². The van der Waals surface area contributed by atoms with Crippen molar-refractivity contribution in [2.45, 2.75) is 280 Å². The van der Waals surface area contributed by atoms with Gasteiger partial charge in [0.05, 0.1) is 25.2 Å². The summed E-state index contributed by atoms with van der Waals surface area (Å²) in [7, 11) is 0. The molecule has 136 heavy (non-hydrogen) atoms. The maximum absolute atomic E-state index is 14.9. The summed E-state index contributed by atoms with van der Waals surface area (Å²) in [5, 5.41) is 115. The van der Waals surface area contributed by atoms with Gasteiger partial charge < -0.3 is 167 Å². The third-order valence-corrected chi connectivity index (χ3v) is 21.1. The number of carbonyl (C=O) groups excluding carboxylic acids is 17. The molecule has 1 saturated heterocycles. The van der Waals surface area contributed by atoms with Crippen LogP contribution in [0.4, 0.5) is 0 Å². The standard InChI is InChI=1S/C82H141N31O23/c1-40(2)36-53(72(129)100-42(5)64(121)102-47(21-13-31-95-79(87)88)67(124)108-52(78(135)136)27-29-60(119)120)110-74(131)56-25-17-35-113(56)77(134)62(41(3)4)111-70(127)50(24-16-34-98-82(93)94)105-73(130)54(37-45-18-9-8-10-19-45)101-59(118)39-99-65(122)55(38-58(85)117)109-68(125)49(23-15-33-97-81(91)92)107-76(133)63(44(7)115)112-71(128)46(20-11-12-30-83)103-66(123)48(22-14-32-96-80(89)90)104-69(126)51(26-28-57(84)116)106-75(132)61(86)43(6)114/h8-10,18-19,40-44,46-56,61-63,114-115H,11-17,20-39,83,86H2,1-7H3,(H2,84,116)(H2,85,117)(H,99,122)(H,100,129)(H,101,118)(H,102,121)(H,103,123)(H,104,126)(H,105,130)(H,106,132)(H,107,133)(H,108,124)(H,109,125)(H,110,131)(H,111,127)(H,112,128)(H,119,120)(H,135,136)(H4,87,88,95)(H4,89,90,96)(H4,91,92,97)(H4,93,94,98)/t42-,43+,44+,46-,47-,48-,49-,50-,51-,52-,53-,54-,55-,56-,61-,62-,63-/m0/s1. The number of hydrogen-bond donors (Lipinski definition) is 34. The smallest absolute Gasteiger partial charge is 0.326 e. The predicted molar refractivity (Wildman–Crippen MR) is 491 cm³/mol. The number of guanidine groups is 4. The molecule has 0 saturated carbocycles. The number of carboxylic acids is 2. The third kappa shape index (κ3) is 46.1. The number of carboxylic acid groups (broad SMARTS) is 2. The van der Waals surface area contributed by atoms with Crippen molar-refractivity contribution in [3.63, 3.8) is 0 Å². The molecule has 1 aliphatic rings. The molecule has 1 aliphatic heterocycles. The normalized spacial score (nSPS) is 15.7. The van der Waals surface area contributed by atoms with E-state index in [1.807, 2.05) is 0 Å². The lowest BCUT2D eigenvalue weighted by atomic mass is 10.00. The molecule has 42 N–H and O–H groups in total. The van der Waals surface area contributed by atoms with Crippen LogP contribution in [0.25, 0.3) is 0 Å². The van der Waals surface area contributed by atoms with E-state index in [-0.39, 0.29) is 141 Å². The molecule has 54 heteroatoms. The van der Waals surface area contributed by atoms with Gasteiger partial charge >= 0.3 is 11.9 Å². The molecule has 0 aliphatic carbocycles.